The van der Waals surface area contributed by atoms with Crippen molar-refractivity contribution < 1.29 is 14.6 Å². The molecule has 0 aromatic heterocycles. The van der Waals surface area contributed by atoms with Crippen molar-refractivity contribution in [2.24, 2.45) is 0 Å². The maximum Gasteiger partial charge on any atom is 0.171 e. The average molecular weight is 218 g/mol. The molecule has 14 heavy (non-hydrogen) atoms. The van der Waals surface area contributed by atoms with Gasteiger partial charge in [0.25, 0.3) is 0 Å². The Morgan fingerprint density at radius 1 is 1.36 bits per heavy atom. The average Bonchev–Trinajstić information content (AvgIpc) is 2.46. The molecule has 0 aromatic carbocycles. The van der Waals surface area contributed by atoms with Crippen molar-refractivity contribution in [2.75, 3.05) is 13.2 Å². The largest absolute Gasteiger partial charge is 0.394 e. The van der Waals surface area contributed by atoms with Gasteiger partial charge in [0.05, 0.1) is 13.2 Å². The topological polar surface area (TPSA) is 38.7 Å². The number of hydrogen-bond acceptors (Lipinski definition) is 4. The second-order valence-electron chi connectivity index (χ2n) is 4.31. The molecule has 2 rings (SSSR count). The zero-order chi connectivity index (χ0) is 10.2. The van der Waals surface area contributed by atoms with Gasteiger partial charge in [0.15, 0.2) is 5.79 Å². The van der Waals surface area contributed by atoms with E-state index in [0.29, 0.717) is 17.1 Å². The van der Waals surface area contributed by atoms with E-state index < -0.39 is 5.79 Å². The molecular formula is C10H18O3S. The molecule has 3 unspecified atom stereocenters. The van der Waals surface area contributed by atoms with Crippen LogP contribution < -0.4 is 0 Å². The lowest BCUT2D eigenvalue weighted by molar-refractivity contribution is -0.181. The molecule has 1 spiro atoms. The van der Waals surface area contributed by atoms with Crippen LogP contribution in [-0.2, 0) is 9.47 Å². The maximum atomic E-state index is 9.00. The molecular weight excluding hydrogens is 200 g/mol. The fourth-order valence-electron chi connectivity index (χ4n) is 2.37. The zero-order valence-electron chi connectivity index (χ0n) is 8.73. The van der Waals surface area contributed by atoms with Crippen LogP contribution in [0.2, 0.25) is 0 Å². The molecule has 0 amide bonds. The maximum absolute atomic E-state index is 9.00. The Kier molecular flexibility index (Phi) is 3.07. The van der Waals surface area contributed by atoms with Gasteiger partial charge in [-0.05, 0) is 0 Å². The predicted molar refractivity (Wildman–Crippen MR) is 56.4 cm³/mol. The first-order valence-electron chi connectivity index (χ1n) is 5.22. The van der Waals surface area contributed by atoms with E-state index in [1.165, 1.54) is 0 Å². The van der Waals surface area contributed by atoms with Crippen molar-refractivity contribution in [3.8, 4) is 0 Å². The van der Waals surface area contributed by atoms with E-state index in [-0.39, 0.29) is 12.7 Å². The van der Waals surface area contributed by atoms with Crippen molar-refractivity contribution in [3.63, 3.8) is 0 Å². The highest BCUT2D eigenvalue weighted by molar-refractivity contribution is 8.00. The summed E-state index contributed by atoms with van der Waals surface area (Å²) in [6.45, 7) is 5.03. The quantitative estimate of drug-likeness (QED) is 0.722. The van der Waals surface area contributed by atoms with Crippen molar-refractivity contribution in [2.45, 2.75) is 49.1 Å². The highest BCUT2D eigenvalue weighted by Crippen LogP contribution is 2.43. The highest BCUT2D eigenvalue weighted by atomic mass is 32.2. The van der Waals surface area contributed by atoms with E-state index in [0.717, 1.165) is 12.8 Å². The van der Waals surface area contributed by atoms with E-state index in [2.05, 4.69) is 13.8 Å². The smallest absolute Gasteiger partial charge is 0.171 e. The van der Waals surface area contributed by atoms with Gasteiger partial charge >= 0.3 is 0 Å². The third kappa shape index (κ3) is 2.08. The van der Waals surface area contributed by atoms with E-state index in [1.807, 2.05) is 11.8 Å². The highest BCUT2D eigenvalue weighted by Gasteiger charge is 2.46. The fourth-order valence-corrected chi connectivity index (χ4v) is 3.87. The van der Waals surface area contributed by atoms with Gasteiger partial charge in [-0.25, -0.2) is 0 Å². The van der Waals surface area contributed by atoms with Crippen molar-refractivity contribution in [1.82, 2.24) is 0 Å². The number of hydrogen-bond donors (Lipinski definition) is 1. The molecule has 0 radical (unpaired) electrons. The molecule has 2 heterocycles. The molecule has 2 aliphatic heterocycles. The van der Waals surface area contributed by atoms with Gasteiger partial charge in [0, 0.05) is 23.3 Å². The summed E-state index contributed by atoms with van der Waals surface area (Å²) >= 11 is 1.99. The van der Waals surface area contributed by atoms with Crippen LogP contribution in [-0.4, -0.2) is 40.7 Å². The summed E-state index contributed by atoms with van der Waals surface area (Å²) in [5.41, 5.74) is 0. The molecule has 82 valence electrons. The van der Waals surface area contributed by atoms with Gasteiger partial charge in [-0.3, -0.25) is 0 Å². The standard InChI is InChI=1S/C10H18O3S/c1-7-3-10(4-8(2)14-7)12-6-9(5-11)13-10/h7-9,11H,3-6H2,1-2H3. The summed E-state index contributed by atoms with van der Waals surface area (Å²) < 4.78 is 11.5. The van der Waals surface area contributed by atoms with Crippen LogP contribution in [0.5, 0.6) is 0 Å². The molecule has 0 saturated carbocycles. The molecule has 2 fully saturated rings. The Morgan fingerprint density at radius 2 is 2.00 bits per heavy atom. The van der Waals surface area contributed by atoms with Crippen LogP contribution in [0.3, 0.4) is 0 Å². The SMILES string of the molecule is CC1CC2(CC(C)S1)OCC(CO)O2. The second-order valence-corrected chi connectivity index (χ2v) is 6.19. The van der Waals surface area contributed by atoms with E-state index >= 15 is 0 Å². The van der Waals surface area contributed by atoms with Gasteiger partial charge in [-0.15, -0.1) is 0 Å². The summed E-state index contributed by atoms with van der Waals surface area (Å²) in [5, 5.41) is 10.2. The lowest BCUT2D eigenvalue weighted by Crippen LogP contribution is -2.40. The minimum Gasteiger partial charge on any atom is -0.394 e. The lowest BCUT2D eigenvalue weighted by Gasteiger charge is -2.38. The van der Waals surface area contributed by atoms with Gasteiger partial charge in [-0.2, -0.15) is 11.8 Å². The summed E-state index contributed by atoms with van der Waals surface area (Å²) in [6, 6.07) is 0. The number of ether oxygens (including phenoxy) is 2. The van der Waals surface area contributed by atoms with Crippen LogP contribution in [0.1, 0.15) is 26.7 Å². The summed E-state index contributed by atoms with van der Waals surface area (Å²) in [5.74, 6) is -0.391. The number of rotatable bonds is 1. The van der Waals surface area contributed by atoms with Gasteiger partial charge in [0.2, 0.25) is 0 Å². The van der Waals surface area contributed by atoms with E-state index in [4.69, 9.17) is 14.6 Å². The first-order chi connectivity index (χ1) is 6.63. The van der Waals surface area contributed by atoms with Crippen molar-refractivity contribution in [3.05, 3.63) is 0 Å². The van der Waals surface area contributed by atoms with E-state index in [9.17, 15) is 0 Å². The molecule has 0 aromatic rings. The number of aliphatic hydroxyl groups excluding tert-OH is 1. The number of thioether (sulfide) groups is 1. The molecule has 1 N–H and O–H groups in total. The minimum atomic E-state index is -0.391. The normalized spacial score (nSPS) is 48.6. The molecule has 0 bridgehead atoms. The molecule has 2 aliphatic rings. The monoisotopic (exact) mass is 218 g/mol. The minimum absolute atomic E-state index is 0.0671. The predicted octanol–water partition coefficient (Wildman–Crippen LogP) is 1.39. The molecule has 0 aliphatic carbocycles. The Labute approximate surface area is 89.2 Å². The van der Waals surface area contributed by atoms with Gasteiger partial charge in [0.1, 0.15) is 6.10 Å². The number of aliphatic hydroxyl groups is 1. The Balaban J connectivity index is 2.01. The van der Waals surface area contributed by atoms with Gasteiger partial charge in [-0.1, -0.05) is 13.8 Å². The first-order valence-corrected chi connectivity index (χ1v) is 6.16. The molecule has 2 saturated heterocycles. The van der Waals surface area contributed by atoms with Crippen LogP contribution in [0.25, 0.3) is 0 Å². The summed E-state index contributed by atoms with van der Waals surface area (Å²) in [4.78, 5) is 0. The summed E-state index contributed by atoms with van der Waals surface area (Å²) in [6.07, 6.45) is 1.77. The third-order valence-corrected chi connectivity index (χ3v) is 4.04. The van der Waals surface area contributed by atoms with Crippen molar-refractivity contribution >= 4 is 11.8 Å². The van der Waals surface area contributed by atoms with Crippen molar-refractivity contribution in [1.29, 1.82) is 0 Å². The fraction of sp³-hybridized carbons (Fsp3) is 1.00. The first kappa shape index (κ1) is 10.7. The molecule has 3 atom stereocenters. The van der Waals surface area contributed by atoms with Gasteiger partial charge < -0.3 is 14.6 Å². The third-order valence-electron chi connectivity index (χ3n) is 2.78. The van der Waals surface area contributed by atoms with Crippen LogP contribution in [0, 0.1) is 0 Å². The molecule has 3 nitrogen and oxygen atoms in total. The Morgan fingerprint density at radius 3 is 2.50 bits per heavy atom. The van der Waals surface area contributed by atoms with E-state index in [1.54, 1.807) is 0 Å². The molecule has 4 heteroatoms. The van der Waals surface area contributed by atoms with Crippen LogP contribution in [0.15, 0.2) is 0 Å². The van der Waals surface area contributed by atoms with Crippen LogP contribution >= 0.6 is 11.8 Å². The Hall–Kier alpha value is 0.230. The summed E-state index contributed by atoms with van der Waals surface area (Å²) in [7, 11) is 0. The lowest BCUT2D eigenvalue weighted by atomic mass is 10.0. The van der Waals surface area contributed by atoms with Crippen LogP contribution in [0.4, 0.5) is 0 Å². The zero-order valence-corrected chi connectivity index (χ0v) is 9.55. The Bertz CT molecular complexity index is 200. The second kappa shape index (κ2) is 4.00.